The van der Waals surface area contributed by atoms with Gasteiger partial charge in [-0.15, -0.1) is 0 Å². The molecule has 1 N–H and O–H groups in total. The topological polar surface area (TPSA) is 76.5 Å². The van der Waals surface area contributed by atoms with Crippen LogP contribution >= 0.6 is 0 Å². The molecule has 33 heavy (non-hydrogen) atoms. The van der Waals surface area contributed by atoms with Crippen molar-refractivity contribution in [3.05, 3.63) is 100 Å². The normalized spacial score (nSPS) is 12.0. The summed E-state index contributed by atoms with van der Waals surface area (Å²) in [6.07, 6.45) is 0. The minimum absolute atomic E-state index is 0.0499. The molecule has 0 fully saturated rings. The molecular formula is C26H26N4O3. The fraction of sp³-hybridized carbons (Fsp3) is 0.192. The number of rotatable bonds is 7. The van der Waals surface area contributed by atoms with Gasteiger partial charge in [-0.05, 0) is 50.0 Å². The fourth-order valence-electron chi connectivity index (χ4n) is 3.80. The van der Waals surface area contributed by atoms with E-state index in [1.54, 1.807) is 43.5 Å². The summed E-state index contributed by atoms with van der Waals surface area (Å²) in [7, 11) is 5.56. The van der Waals surface area contributed by atoms with E-state index in [0.717, 1.165) is 11.3 Å². The monoisotopic (exact) mass is 442 g/mol. The Morgan fingerprint density at radius 1 is 0.970 bits per heavy atom. The van der Waals surface area contributed by atoms with Gasteiger partial charge in [-0.3, -0.25) is 9.59 Å². The van der Waals surface area contributed by atoms with Gasteiger partial charge in [-0.2, -0.15) is 9.78 Å². The Morgan fingerprint density at radius 3 is 2.24 bits per heavy atom. The lowest BCUT2D eigenvalue weighted by Crippen LogP contribution is -2.36. The number of nitrogens with one attached hydrogen (secondary N) is 1. The van der Waals surface area contributed by atoms with Crippen LogP contribution in [-0.2, 0) is 0 Å². The van der Waals surface area contributed by atoms with E-state index in [0.29, 0.717) is 23.0 Å². The van der Waals surface area contributed by atoms with Gasteiger partial charge in [0.1, 0.15) is 5.75 Å². The van der Waals surface area contributed by atoms with Crippen molar-refractivity contribution in [3.63, 3.8) is 0 Å². The lowest BCUT2D eigenvalue weighted by atomic mass is 10.1. The molecule has 1 amide bonds. The molecule has 1 aromatic heterocycles. The molecule has 0 bridgehead atoms. The highest BCUT2D eigenvalue weighted by atomic mass is 16.5. The van der Waals surface area contributed by atoms with Crippen LogP contribution in [0, 0.1) is 0 Å². The molecule has 0 spiro atoms. The van der Waals surface area contributed by atoms with E-state index in [1.165, 1.54) is 4.68 Å². The van der Waals surface area contributed by atoms with Crippen molar-refractivity contribution in [3.8, 4) is 11.4 Å². The molecule has 168 valence electrons. The standard InChI is InChI=1S/C26H26N4O3/c1-29(2)23(18-13-15-20(33-3)16-14-18)17-27-25(31)24-21-11-7-8-12-22(21)26(32)30(28-24)19-9-5-4-6-10-19/h4-16,23H,17H2,1-3H3,(H,27,31)/t23-/m0/s1. The molecule has 1 heterocycles. The largest absolute Gasteiger partial charge is 0.497 e. The first-order valence-corrected chi connectivity index (χ1v) is 10.7. The first kappa shape index (κ1) is 22.2. The number of carbonyl (C=O) groups excluding carboxylic acids is 1. The van der Waals surface area contributed by atoms with E-state index in [2.05, 4.69) is 10.4 Å². The second-order valence-corrected chi connectivity index (χ2v) is 7.91. The summed E-state index contributed by atoms with van der Waals surface area (Å²) in [5.41, 5.74) is 1.60. The van der Waals surface area contributed by atoms with Crippen LogP contribution < -0.4 is 15.6 Å². The van der Waals surface area contributed by atoms with Crippen molar-refractivity contribution in [2.24, 2.45) is 0 Å². The van der Waals surface area contributed by atoms with Crippen molar-refractivity contribution in [2.45, 2.75) is 6.04 Å². The van der Waals surface area contributed by atoms with Crippen LogP contribution in [0.5, 0.6) is 5.75 Å². The molecular weight excluding hydrogens is 416 g/mol. The number of carbonyl (C=O) groups is 1. The maximum absolute atomic E-state index is 13.3. The van der Waals surface area contributed by atoms with Crippen molar-refractivity contribution >= 4 is 16.7 Å². The number of para-hydroxylation sites is 1. The highest BCUT2D eigenvalue weighted by Gasteiger charge is 2.20. The van der Waals surface area contributed by atoms with E-state index < -0.39 is 0 Å². The first-order chi connectivity index (χ1) is 16.0. The smallest absolute Gasteiger partial charge is 0.279 e. The molecule has 7 nitrogen and oxygen atoms in total. The van der Waals surface area contributed by atoms with E-state index in [4.69, 9.17) is 4.74 Å². The molecule has 4 rings (SSSR count). The molecule has 1 atom stereocenters. The average molecular weight is 443 g/mol. The van der Waals surface area contributed by atoms with Crippen molar-refractivity contribution < 1.29 is 9.53 Å². The summed E-state index contributed by atoms with van der Waals surface area (Å²) in [5.74, 6) is 0.440. The summed E-state index contributed by atoms with van der Waals surface area (Å²) < 4.78 is 6.53. The van der Waals surface area contributed by atoms with Crippen LogP contribution in [0.25, 0.3) is 16.5 Å². The zero-order valence-electron chi connectivity index (χ0n) is 18.9. The van der Waals surface area contributed by atoms with E-state index >= 15 is 0 Å². The van der Waals surface area contributed by atoms with Gasteiger partial charge >= 0.3 is 0 Å². The molecule has 0 radical (unpaired) electrons. The number of benzene rings is 3. The van der Waals surface area contributed by atoms with Crippen LogP contribution in [0.15, 0.2) is 83.7 Å². The van der Waals surface area contributed by atoms with Crippen molar-refractivity contribution in [1.82, 2.24) is 20.0 Å². The lowest BCUT2D eigenvalue weighted by molar-refractivity contribution is 0.0937. The van der Waals surface area contributed by atoms with Crippen LogP contribution in [0.1, 0.15) is 22.1 Å². The van der Waals surface area contributed by atoms with Crippen LogP contribution in [0.2, 0.25) is 0 Å². The first-order valence-electron chi connectivity index (χ1n) is 10.7. The number of hydrogen-bond acceptors (Lipinski definition) is 5. The fourth-order valence-corrected chi connectivity index (χ4v) is 3.80. The average Bonchev–Trinajstić information content (AvgIpc) is 2.85. The molecule has 0 unspecified atom stereocenters. The van der Waals surface area contributed by atoms with E-state index in [-0.39, 0.29) is 23.2 Å². The van der Waals surface area contributed by atoms with Gasteiger partial charge < -0.3 is 15.0 Å². The van der Waals surface area contributed by atoms with Gasteiger partial charge in [0.05, 0.1) is 24.2 Å². The SMILES string of the molecule is COc1ccc([C@H](CNC(=O)c2nn(-c3ccccc3)c(=O)c3ccccc23)N(C)C)cc1. The summed E-state index contributed by atoms with van der Waals surface area (Å²) in [6, 6.07) is 23.9. The number of amides is 1. The Hall–Kier alpha value is -3.97. The molecule has 0 saturated carbocycles. The summed E-state index contributed by atoms with van der Waals surface area (Å²) in [6.45, 7) is 0.374. The number of fused-ring (bicyclic) bond motifs is 1. The highest BCUT2D eigenvalue weighted by Crippen LogP contribution is 2.21. The van der Waals surface area contributed by atoms with Gasteiger partial charge in [0.25, 0.3) is 11.5 Å². The number of hydrogen-bond donors (Lipinski definition) is 1. The van der Waals surface area contributed by atoms with Gasteiger partial charge in [0.15, 0.2) is 5.69 Å². The van der Waals surface area contributed by atoms with E-state index in [9.17, 15) is 9.59 Å². The number of nitrogens with zero attached hydrogens (tertiary/aromatic N) is 3. The molecule has 0 aliphatic heterocycles. The minimum Gasteiger partial charge on any atom is -0.497 e. The predicted octanol–water partition coefficient (Wildman–Crippen LogP) is 3.43. The summed E-state index contributed by atoms with van der Waals surface area (Å²) in [4.78, 5) is 28.4. The second-order valence-electron chi connectivity index (χ2n) is 7.91. The minimum atomic E-state index is -0.337. The third-order valence-electron chi connectivity index (χ3n) is 5.60. The molecule has 0 aliphatic rings. The lowest BCUT2D eigenvalue weighted by Gasteiger charge is -2.25. The number of ether oxygens (including phenoxy) is 1. The maximum Gasteiger partial charge on any atom is 0.279 e. The van der Waals surface area contributed by atoms with Crippen molar-refractivity contribution in [2.75, 3.05) is 27.7 Å². The quantitative estimate of drug-likeness (QED) is 0.475. The third-order valence-corrected chi connectivity index (χ3v) is 5.60. The zero-order valence-corrected chi connectivity index (χ0v) is 18.9. The number of likely N-dealkylation sites (N-methyl/N-ethyl adjacent to an activating group) is 1. The Balaban J connectivity index is 1.67. The van der Waals surface area contributed by atoms with Crippen LogP contribution in [-0.4, -0.2) is 48.3 Å². The maximum atomic E-state index is 13.3. The molecule has 0 aliphatic carbocycles. The van der Waals surface area contributed by atoms with E-state index in [1.807, 2.05) is 61.5 Å². The Kier molecular flexibility index (Phi) is 6.51. The predicted molar refractivity (Wildman–Crippen MR) is 129 cm³/mol. The summed E-state index contributed by atoms with van der Waals surface area (Å²) in [5, 5.41) is 8.43. The van der Waals surface area contributed by atoms with Crippen molar-refractivity contribution in [1.29, 1.82) is 0 Å². The molecule has 7 heteroatoms. The summed E-state index contributed by atoms with van der Waals surface area (Å²) >= 11 is 0. The number of methoxy groups -OCH3 is 1. The number of aromatic nitrogens is 2. The molecule has 3 aromatic carbocycles. The van der Waals surface area contributed by atoms with Crippen LogP contribution in [0.3, 0.4) is 0 Å². The Morgan fingerprint density at radius 2 is 1.61 bits per heavy atom. The van der Waals surface area contributed by atoms with Gasteiger partial charge in [-0.1, -0.05) is 48.5 Å². The Bertz CT molecular complexity index is 1320. The molecule has 0 saturated heterocycles. The van der Waals surface area contributed by atoms with Gasteiger partial charge in [0.2, 0.25) is 0 Å². The second kappa shape index (κ2) is 9.67. The molecule has 4 aromatic rings. The Labute approximate surface area is 192 Å². The highest BCUT2D eigenvalue weighted by molar-refractivity contribution is 6.04. The zero-order chi connectivity index (χ0) is 23.4. The van der Waals surface area contributed by atoms with Gasteiger partial charge in [-0.25, -0.2) is 0 Å². The third kappa shape index (κ3) is 4.63. The van der Waals surface area contributed by atoms with Gasteiger partial charge in [0, 0.05) is 11.9 Å². The van der Waals surface area contributed by atoms with Crippen LogP contribution in [0.4, 0.5) is 0 Å².